The van der Waals surface area contributed by atoms with Gasteiger partial charge in [-0.15, -0.1) is 0 Å². The van der Waals surface area contributed by atoms with Gasteiger partial charge in [-0.05, 0) is 36.3 Å². The van der Waals surface area contributed by atoms with Crippen LogP contribution >= 0.6 is 0 Å². The molecule has 0 saturated carbocycles. The zero-order chi connectivity index (χ0) is 22.6. The Bertz CT molecular complexity index is 997. The normalized spacial score (nSPS) is 11.8. The summed E-state index contributed by atoms with van der Waals surface area (Å²) in [7, 11) is 0. The highest BCUT2D eigenvalue weighted by atomic mass is 16.5. The summed E-state index contributed by atoms with van der Waals surface area (Å²) in [6, 6.07) is 25.3. The number of carbonyl (C=O) groups is 1. The lowest BCUT2D eigenvalue weighted by molar-refractivity contribution is -0.138. The molecule has 0 bridgehead atoms. The first-order valence-electron chi connectivity index (χ1n) is 10.6. The summed E-state index contributed by atoms with van der Waals surface area (Å²) in [6.07, 6.45) is 2.91. The van der Waals surface area contributed by atoms with E-state index in [1.807, 2.05) is 78.9 Å². The van der Waals surface area contributed by atoms with Crippen molar-refractivity contribution in [3.8, 4) is 11.5 Å². The highest BCUT2D eigenvalue weighted by Crippen LogP contribution is 2.28. The Labute approximate surface area is 188 Å². The highest BCUT2D eigenvalue weighted by molar-refractivity contribution is 5.87. The number of ether oxygens (including phenoxy) is 3. The third-order valence-corrected chi connectivity index (χ3v) is 4.65. The van der Waals surface area contributed by atoms with Gasteiger partial charge in [0.15, 0.2) is 0 Å². The molecule has 1 N–H and O–H groups in total. The minimum atomic E-state index is -0.506. The summed E-state index contributed by atoms with van der Waals surface area (Å²) in [5.74, 6) is 0.810. The van der Waals surface area contributed by atoms with E-state index in [1.54, 1.807) is 13.0 Å². The molecule has 0 aliphatic heterocycles. The van der Waals surface area contributed by atoms with Crippen molar-refractivity contribution in [2.45, 2.75) is 32.7 Å². The first-order valence-corrected chi connectivity index (χ1v) is 10.6. The number of aliphatic hydroxyl groups is 1. The first kappa shape index (κ1) is 23.1. The first-order chi connectivity index (χ1) is 15.6. The van der Waals surface area contributed by atoms with Crippen LogP contribution in [0.1, 0.15) is 30.0 Å². The van der Waals surface area contributed by atoms with Crippen molar-refractivity contribution in [1.82, 2.24) is 0 Å². The van der Waals surface area contributed by atoms with Gasteiger partial charge in [-0.2, -0.15) is 0 Å². The number of carbonyl (C=O) groups excluding carboxylic acids is 1. The van der Waals surface area contributed by atoms with Gasteiger partial charge in [-0.25, -0.2) is 4.79 Å². The Kier molecular flexibility index (Phi) is 8.90. The van der Waals surface area contributed by atoms with Gasteiger partial charge in [0.05, 0.1) is 12.7 Å². The molecule has 5 nitrogen and oxygen atoms in total. The fraction of sp³-hybridized carbons (Fsp3) is 0.222. The predicted octanol–water partition coefficient (Wildman–Crippen LogP) is 5.17. The molecule has 1 atom stereocenters. The average Bonchev–Trinajstić information content (AvgIpc) is 2.81. The predicted molar refractivity (Wildman–Crippen MR) is 124 cm³/mol. The van der Waals surface area contributed by atoms with Crippen LogP contribution in [0.15, 0.2) is 84.9 Å². The lowest BCUT2D eigenvalue weighted by Gasteiger charge is -2.13. The van der Waals surface area contributed by atoms with Crippen molar-refractivity contribution >= 4 is 12.0 Å². The summed E-state index contributed by atoms with van der Waals surface area (Å²) >= 11 is 0. The van der Waals surface area contributed by atoms with E-state index in [0.717, 1.165) is 16.7 Å². The summed E-state index contributed by atoms with van der Waals surface area (Å²) in [6.45, 7) is 2.67. The maximum absolute atomic E-state index is 12.0. The highest BCUT2D eigenvalue weighted by Gasteiger charge is 2.07. The molecule has 0 aromatic heterocycles. The van der Waals surface area contributed by atoms with E-state index >= 15 is 0 Å². The molecule has 0 heterocycles. The zero-order valence-electron chi connectivity index (χ0n) is 18.1. The summed E-state index contributed by atoms with van der Waals surface area (Å²) in [5, 5.41) is 9.27. The van der Waals surface area contributed by atoms with Gasteiger partial charge >= 0.3 is 5.97 Å². The van der Waals surface area contributed by atoms with Gasteiger partial charge in [0, 0.05) is 24.1 Å². The van der Waals surface area contributed by atoms with Gasteiger partial charge in [0.2, 0.25) is 0 Å². The minimum absolute atomic E-state index is 0.171. The third kappa shape index (κ3) is 7.93. The van der Waals surface area contributed by atoms with Crippen molar-refractivity contribution in [2.75, 3.05) is 6.61 Å². The molecule has 3 aromatic rings. The SMILES string of the molecule is CC(O)CCOC(=O)/C=C/c1ccc(OCc2ccccc2)cc1OCc1ccccc1. The second-order valence-electron chi connectivity index (χ2n) is 7.39. The molecule has 0 saturated heterocycles. The van der Waals surface area contributed by atoms with E-state index < -0.39 is 12.1 Å². The second kappa shape index (κ2) is 12.3. The van der Waals surface area contributed by atoms with Crippen LogP contribution in [-0.4, -0.2) is 23.8 Å². The standard InChI is InChI=1S/C27H28O5/c1-21(28)16-17-30-27(29)15-13-24-12-14-25(31-19-22-8-4-2-5-9-22)18-26(24)32-20-23-10-6-3-7-11-23/h2-15,18,21,28H,16-17,19-20H2,1H3/b15-13+. The van der Waals surface area contributed by atoms with Crippen molar-refractivity contribution in [3.63, 3.8) is 0 Å². The van der Waals surface area contributed by atoms with Crippen LogP contribution in [-0.2, 0) is 22.7 Å². The van der Waals surface area contributed by atoms with Crippen molar-refractivity contribution in [2.24, 2.45) is 0 Å². The van der Waals surface area contributed by atoms with E-state index in [1.165, 1.54) is 6.08 Å². The molecule has 0 radical (unpaired) electrons. The quantitative estimate of drug-likeness (QED) is 0.334. The van der Waals surface area contributed by atoms with Gasteiger partial charge in [-0.3, -0.25) is 0 Å². The Morgan fingerprint density at radius 3 is 2.16 bits per heavy atom. The lowest BCUT2D eigenvalue weighted by Crippen LogP contribution is -2.08. The minimum Gasteiger partial charge on any atom is -0.489 e. The number of hydrogen-bond acceptors (Lipinski definition) is 5. The molecule has 3 rings (SSSR count). The van der Waals surface area contributed by atoms with Crippen molar-refractivity contribution in [1.29, 1.82) is 0 Å². The van der Waals surface area contributed by atoms with Crippen LogP contribution < -0.4 is 9.47 Å². The number of hydrogen-bond donors (Lipinski definition) is 1. The number of rotatable bonds is 11. The monoisotopic (exact) mass is 432 g/mol. The van der Waals surface area contributed by atoms with Crippen LogP contribution in [0.3, 0.4) is 0 Å². The van der Waals surface area contributed by atoms with Gasteiger partial charge in [0.1, 0.15) is 24.7 Å². The molecule has 32 heavy (non-hydrogen) atoms. The summed E-state index contributed by atoms with van der Waals surface area (Å²) in [5.41, 5.74) is 2.85. The Balaban J connectivity index is 1.70. The van der Waals surface area contributed by atoms with Crippen LogP contribution in [0, 0.1) is 0 Å². The van der Waals surface area contributed by atoms with Gasteiger partial charge in [-0.1, -0.05) is 60.7 Å². The molecule has 0 aliphatic carbocycles. The number of aliphatic hydroxyl groups excluding tert-OH is 1. The molecular weight excluding hydrogens is 404 g/mol. The van der Waals surface area contributed by atoms with Crippen LogP contribution in [0.4, 0.5) is 0 Å². The van der Waals surface area contributed by atoms with Gasteiger partial charge in [0.25, 0.3) is 0 Å². The Morgan fingerprint density at radius 1 is 0.906 bits per heavy atom. The Hall–Kier alpha value is -3.57. The van der Waals surface area contributed by atoms with Crippen LogP contribution in [0.2, 0.25) is 0 Å². The molecule has 1 unspecified atom stereocenters. The smallest absolute Gasteiger partial charge is 0.330 e. The van der Waals surface area contributed by atoms with E-state index in [2.05, 4.69) is 0 Å². The fourth-order valence-corrected chi connectivity index (χ4v) is 2.88. The van der Waals surface area contributed by atoms with Gasteiger partial charge < -0.3 is 19.3 Å². The Morgan fingerprint density at radius 2 is 1.53 bits per heavy atom. The molecule has 0 spiro atoms. The third-order valence-electron chi connectivity index (χ3n) is 4.65. The topological polar surface area (TPSA) is 65.0 Å². The van der Waals surface area contributed by atoms with Crippen LogP contribution in [0.25, 0.3) is 6.08 Å². The van der Waals surface area contributed by atoms with E-state index in [-0.39, 0.29) is 6.61 Å². The van der Waals surface area contributed by atoms with E-state index in [0.29, 0.717) is 31.1 Å². The maximum Gasteiger partial charge on any atom is 0.330 e. The molecule has 3 aromatic carbocycles. The van der Waals surface area contributed by atoms with Crippen LogP contribution in [0.5, 0.6) is 11.5 Å². The molecule has 166 valence electrons. The average molecular weight is 433 g/mol. The largest absolute Gasteiger partial charge is 0.489 e. The molecular formula is C27H28O5. The van der Waals surface area contributed by atoms with E-state index in [9.17, 15) is 9.90 Å². The molecule has 5 heteroatoms. The molecule has 0 amide bonds. The molecule has 0 fully saturated rings. The van der Waals surface area contributed by atoms with Crippen molar-refractivity contribution < 1.29 is 24.1 Å². The lowest BCUT2D eigenvalue weighted by atomic mass is 10.1. The maximum atomic E-state index is 12.0. The summed E-state index contributed by atoms with van der Waals surface area (Å²) in [4.78, 5) is 12.0. The molecule has 0 aliphatic rings. The number of esters is 1. The van der Waals surface area contributed by atoms with Crippen molar-refractivity contribution in [3.05, 3.63) is 102 Å². The second-order valence-corrected chi connectivity index (χ2v) is 7.39. The fourth-order valence-electron chi connectivity index (χ4n) is 2.88. The zero-order valence-corrected chi connectivity index (χ0v) is 18.1. The van der Waals surface area contributed by atoms with E-state index in [4.69, 9.17) is 14.2 Å². The summed E-state index contributed by atoms with van der Waals surface area (Å²) < 4.78 is 17.1. The number of benzene rings is 3.